The van der Waals surface area contributed by atoms with Crippen molar-refractivity contribution in [2.24, 2.45) is 18.0 Å². The van der Waals surface area contributed by atoms with Crippen LogP contribution < -0.4 is 5.32 Å². The standard InChI is InChI=1S/C16H30N6O.HI/c1-17-16(21(4)10-13-6-7-23-12-13)18-9-15(20(2)3)14-8-19-22(5)11-14;/h8,11,13,15H,6-7,9-10,12H2,1-5H3,(H,17,18);1H. The SMILES string of the molecule is CN=C(NCC(c1cnn(C)c1)N(C)C)N(C)CC1CCOC1.I. The van der Waals surface area contributed by atoms with Crippen LogP contribution in [0.1, 0.15) is 18.0 Å². The third-order valence-electron chi connectivity index (χ3n) is 4.32. The van der Waals surface area contributed by atoms with Gasteiger partial charge in [0, 0.05) is 58.5 Å². The van der Waals surface area contributed by atoms with E-state index in [2.05, 4.69) is 52.5 Å². The molecule has 2 unspecified atom stereocenters. The molecule has 2 rings (SSSR count). The van der Waals surface area contributed by atoms with Crippen molar-refractivity contribution in [2.45, 2.75) is 12.5 Å². The summed E-state index contributed by atoms with van der Waals surface area (Å²) in [6.45, 7) is 3.50. The molecule has 0 bridgehead atoms. The van der Waals surface area contributed by atoms with E-state index in [-0.39, 0.29) is 30.0 Å². The molecule has 24 heavy (non-hydrogen) atoms. The van der Waals surface area contributed by atoms with E-state index in [1.807, 2.05) is 25.0 Å². The molecule has 0 radical (unpaired) electrons. The van der Waals surface area contributed by atoms with Gasteiger partial charge in [-0.05, 0) is 20.5 Å². The Kier molecular flexibility index (Phi) is 8.99. The molecular formula is C16H31IN6O. The lowest BCUT2D eigenvalue weighted by molar-refractivity contribution is 0.181. The summed E-state index contributed by atoms with van der Waals surface area (Å²) in [5.74, 6) is 1.52. The molecule has 0 aromatic carbocycles. The quantitative estimate of drug-likeness (QED) is 0.401. The smallest absolute Gasteiger partial charge is 0.193 e. The molecule has 1 aromatic rings. The van der Waals surface area contributed by atoms with Gasteiger partial charge in [-0.25, -0.2) is 0 Å². The summed E-state index contributed by atoms with van der Waals surface area (Å²) in [5.41, 5.74) is 1.20. The second kappa shape index (κ2) is 10.2. The van der Waals surface area contributed by atoms with Gasteiger partial charge >= 0.3 is 0 Å². The van der Waals surface area contributed by atoms with Crippen molar-refractivity contribution in [2.75, 3.05) is 54.5 Å². The van der Waals surface area contributed by atoms with Gasteiger partial charge in [0.1, 0.15) is 0 Å². The summed E-state index contributed by atoms with van der Waals surface area (Å²) in [7, 11) is 10.0. The topological polar surface area (TPSA) is 57.9 Å². The molecule has 0 aliphatic carbocycles. The van der Waals surface area contributed by atoms with Gasteiger partial charge in [-0.1, -0.05) is 0 Å². The first-order valence-corrected chi connectivity index (χ1v) is 8.15. The van der Waals surface area contributed by atoms with E-state index in [1.54, 1.807) is 0 Å². The molecule has 1 aromatic heterocycles. The number of aryl methyl sites for hydroxylation is 1. The van der Waals surface area contributed by atoms with E-state index < -0.39 is 0 Å². The molecule has 2 atom stereocenters. The third-order valence-corrected chi connectivity index (χ3v) is 4.32. The van der Waals surface area contributed by atoms with E-state index in [9.17, 15) is 0 Å². The van der Waals surface area contributed by atoms with Crippen LogP contribution >= 0.6 is 24.0 Å². The number of guanidine groups is 1. The van der Waals surface area contributed by atoms with Crippen LogP contribution in [-0.2, 0) is 11.8 Å². The van der Waals surface area contributed by atoms with E-state index in [1.165, 1.54) is 5.56 Å². The highest BCUT2D eigenvalue weighted by atomic mass is 127. The molecule has 138 valence electrons. The van der Waals surface area contributed by atoms with Gasteiger partial charge in [0.05, 0.1) is 18.8 Å². The highest BCUT2D eigenvalue weighted by molar-refractivity contribution is 14.0. The minimum Gasteiger partial charge on any atom is -0.381 e. The molecule has 0 saturated carbocycles. The van der Waals surface area contributed by atoms with E-state index in [0.29, 0.717) is 5.92 Å². The van der Waals surface area contributed by atoms with Crippen molar-refractivity contribution in [1.82, 2.24) is 24.9 Å². The summed E-state index contributed by atoms with van der Waals surface area (Å²) in [6.07, 6.45) is 5.13. The third kappa shape index (κ3) is 5.89. The van der Waals surface area contributed by atoms with Crippen molar-refractivity contribution in [3.05, 3.63) is 18.0 Å². The van der Waals surface area contributed by atoms with Crippen molar-refractivity contribution < 1.29 is 4.74 Å². The molecule has 1 N–H and O–H groups in total. The van der Waals surface area contributed by atoms with Crippen molar-refractivity contribution in [3.8, 4) is 0 Å². The van der Waals surface area contributed by atoms with E-state index >= 15 is 0 Å². The lowest BCUT2D eigenvalue weighted by Crippen LogP contribution is -2.44. The second-order valence-corrected chi connectivity index (χ2v) is 6.46. The average Bonchev–Trinajstić information content (AvgIpc) is 3.15. The fourth-order valence-electron chi connectivity index (χ4n) is 2.98. The first-order valence-electron chi connectivity index (χ1n) is 8.15. The minimum absolute atomic E-state index is 0. The summed E-state index contributed by atoms with van der Waals surface area (Å²) in [5, 5.41) is 7.77. The predicted octanol–water partition coefficient (Wildman–Crippen LogP) is 1.18. The zero-order valence-corrected chi connectivity index (χ0v) is 17.7. The number of likely N-dealkylation sites (N-methyl/N-ethyl adjacent to an activating group) is 1. The van der Waals surface area contributed by atoms with E-state index in [0.717, 1.165) is 38.7 Å². The Labute approximate surface area is 162 Å². The highest BCUT2D eigenvalue weighted by Crippen LogP contribution is 2.17. The van der Waals surface area contributed by atoms with Gasteiger partial charge < -0.3 is 19.9 Å². The molecular weight excluding hydrogens is 419 g/mol. The van der Waals surface area contributed by atoms with Crippen molar-refractivity contribution in [3.63, 3.8) is 0 Å². The van der Waals surface area contributed by atoms with Gasteiger partial charge in [0.15, 0.2) is 5.96 Å². The Bertz CT molecular complexity index is 512. The van der Waals surface area contributed by atoms with Crippen LogP contribution in [0.3, 0.4) is 0 Å². The monoisotopic (exact) mass is 450 g/mol. The number of ether oxygens (including phenoxy) is 1. The summed E-state index contributed by atoms with van der Waals surface area (Å²) < 4.78 is 7.30. The van der Waals surface area contributed by atoms with Gasteiger partial charge in [0.25, 0.3) is 0 Å². The zero-order chi connectivity index (χ0) is 16.8. The van der Waals surface area contributed by atoms with Gasteiger partial charge in [-0.3, -0.25) is 9.67 Å². The lowest BCUT2D eigenvalue weighted by atomic mass is 10.1. The Morgan fingerprint density at radius 2 is 2.25 bits per heavy atom. The normalized spacial score (nSPS) is 19.2. The van der Waals surface area contributed by atoms with E-state index in [4.69, 9.17) is 4.74 Å². The fraction of sp³-hybridized carbons (Fsp3) is 0.750. The average molecular weight is 450 g/mol. The molecule has 0 spiro atoms. The number of aromatic nitrogens is 2. The maximum Gasteiger partial charge on any atom is 0.193 e. The first-order chi connectivity index (χ1) is 11.0. The fourth-order valence-corrected chi connectivity index (χ4v) is 2.98. The van der Waals surface area contributed by atoms with Crippen LogP contribution in [0, 0.1) is 5.92 Å². The maximum atomic E-state index is 5.46. The van der Waals surface area contributed by atoms with Crippen molar-refractivity contribution >= 4 is 29.9 Å². The summed E-state index contributed by atoms with van der Waals surface area (Å²) in [6, 6.07) is 0.253. The van der Waals surface area contributed by atoms with Gasteiger partial charge in [-0.2, -0.15) is 5.10 Å². The Morgan fingerprint density at radius 3 is 2.75 bits per heavy atom. The number of hydrogen-bond donors (Lipinski definition) is 1. The second-order valence-electron chi connectivity index (χ2n) is 6.46. The molecule has 1 saturated heterocycles. The zero-order valence-electron chi connectivity index (χ0n) is 15.4. The van der Waals surface area contributed by atoms with Crippen LogP contribution in [0.5, 0.6) is 0 Å². The predicted molar refractivity (Wildman–Crippen MR) is 108 cm³/mol. The number of rotatable bonds is 6. The Morgan fingerprint density at radius 1 is 1.50 bits per heavy atom. The molecule has 8 heteroatoms. The number of hydrogen-bond acceptors (Lipinski definition) is 4. The van der Waals surface area contributed by atoms with Crippen LogP contribution in [0.2, 0.25) is 0 Å². The van der Waals surface area contributed by atoms with Crippen LogP contribution in [0.25, 0.3) is 0 Å². The van der Waals surface area contributed by atoms with Crippen LogP contribution in [0.4, 0.5) is 0 Å². The molecule has 1 aliphatic rings. The Hall–Kier alpha value is -0.870. The number of halogens is 1. The minimum atomic E-state index is 0. The highest BCUT2D eigenvalue weighted by Gasteiger charge is 2.21. The van der Waals surface area contributed by atoms with Gasteiger partial charge in [-0.15, -0.1) is 24.0 Å². The summed E-state index contributed by atoms with van der Waals surface area (Å²) >= 11 is 0. The molecule has 0 amide bonds. The number of aliphatic imine (C=N–C) groups is 1. The molecule has 1 aliphatic heterocycles. The lowest BCUT2D eigenvalue weighted by Gasteiger charge is -2.28. The van der Waals surface area contributed by atoms with Crippen molar-refractivity contribution in [1.29, 1.82) is 0 Å². The first kappa shape index (κ1) is 21.2. The Balaban J connectivity index is 0.00000288. The number of nitrogens with one attached hydrogen (secondary N) is 1. The number of nitrogens with zero attached hydrogens (tertiary/aromatic N) is 5. The van der Waals surface area contributed by atoms with Crippen LogP contribution in [0.15, 0.2) is 17.4 Å². The molecule has 1 fully saturated rings. The molecule has 2 heterocycles. The van der Waals surface area contributed by atoms with Gasteiger partial charge in [0.2, 0.25) is 0 Å². The maximum absolute atomic E-state index is 5.46. The molecule has 7 nitrogen and oxygen atoms in total. The van der Waals surface area contributed by atoms with Crippen LogP contribution in [-0.4, -0.2) is 80.0 Å². The summed E-state index contributed by atoms with van der Waals surface area (Å²) in [4.78, 5) is 8.80. The largest absolute Gasteiger partial charge is 0.381 e.